The summed E-state index contributed by atoms with van der Waals surface area (Å²) in [4.78, 5) is 16.1. The Hall–Kier alpha value is -3.50. The predicted molar refractivity (Wildman–Crippen MR) is 116 cm³/mol. The standard InChI is InChI=1S/C23H21N3O3S/c1-28-19-12-16-8-9-26(23(27)25-17-6-3-5-15(11-17)14-24)22(21-7-4-10-30-21)18(16)13-20(19)29-2/h3-7,10-13,22H,8-9H2,1-2H3,(H,25,27). The number of nitriles is 1. The number of nitrogens with one attached hydrogen (secondary N) is 1. The highest BCUT2D eigenvalue weighted by molar-refractivity contribution is 7.10. The first-order valence-electron chi connectivity index (χ1n) is 9.50. The minimum atomic E-state index is -0.229. The minimum absolute atomic E-state index is 0.205. The van der Waals surface area contributed by atoms with Crippen LogP contribution in [0.3, 0.4) is 0 Å². The molecule has 6 nitrogen and oxygen atoms in total. The van der Waals surface area contributed by atoms with Crippen LogP contribution in [0.25, 0.3) is 0 Å². The Morgan fingerprint density at radius 2 is 1.97 bits per heavy atom. The van der Waals surface area contributed by atoms with Crippen molar-refractivity contribution in [3.05, 3.63) is 75.5 Å². The van der Waals surface area contributed by atoms with Crippen molar-refractivity contribution >= 4 is 23.1 Å². The van der Waals surface area contributed by atoms with Crippen molar-refractivity contribution in [2.45, 2.75) is 12.5 Å². The molecule has 0 radical (unpaired) electrons. The molecule has 2 amide bonds. The van der Waals surface area contributed by atoms with Crippen LogP contribution in [-0.2, 0) is 6.42 Å². The number of methoxy groups -OCH3 is 2. The van der Waals surface area contributed by atoms with E-state index in [4.69, 9.17) is 14.7 Å². The lowest BCUT2D eigenvalue weighted by atomic mass is 9.91. The van der Waals surface area contributed by atoms with Crippen LogP contribution in [0.15, 0.2) is 53.9 Å². The molecular formula is C23H21N3O3S. The molecule has 0 fully saturated rings. The van der Waals surface area contributed by atoms with Crippen LogP contribution in [-0.4, -0.2) is 31.7 Å². The van der Waals surface area contributed by atoms with Gasteiger partial charge in [0.2, 0.25) is 0 Å². The Labute approximate surface area is 179 Å². The zero-order valence-corrected chi connectivity index (χ0v) is 17.5. The van der Waals surface area contributed by atoms with E-state index in [-0.39, 0.29) is 12.1 Å². The van der Waals surface area contributed by atoms with Gasteiger partial charge in [0.1, 0.15) is 0 Å². The van der Waals surface area contributed by atoms with Gasteiger partial charge in [-0.25, -0.2) is 4.79 Å². The predicted octanol–water partition coefficient (Wildman–Crippen LogP) is 4.82. The molecule has 1 aliphatic rings. The number of thiophene rings is 1. The number of amides is 2. The van der Waals surface area contributed by atoms with E-state index in [0.717, 1.165) is 16.0 Å². The van der Waals surface area contributed by atoms with E-state index in [2.05, 4.69) is 11.4 Å². The largest absolute Gasteiger partial charge is 0.493 e. The van der Waals surface area contributed by atoms with E-state index < -0.39 is 0 Å². The second-order valence-corrected chi connectivity index (χ2v) is 7.87. The van der Waals surface area contributed by atoms with Gasteiger partial charge in [-0.3, -0.25) is 0 Å². The van der Waals surface area contributed by atoms with Crippen molar-refractivity contribution in [3.8, 4) is 17.6 Å². The molecule has 0 bridgehead atoms. The van der Waals surface area contributed by atoms with Crippen LogP contribution in [0, 0.1) is 11.3 Å². The number of hydrogen-bond acceptors (Lipinski definition) is 5. The molecular weight excluding hydrogens is 398 g/mol. The molecule has 152 valence electrons. The SMILES string of the molecule is COc1cc2c(cc1OC)C(c1cccs1)N(C(=O)Nc1cccc(C#N)c1)CC2. The molecule has 0 saturated heterocycles. The van der Waals surface area contributed by atoms with Gasteiger partial charge in [0.05, 0.1) is 31.9 Å². The molecule has 0 saturated carbocycles. The van der Waals surface area contributed by atoms with Crippen LogP contribution in [0.5, 0.6) is 11.5 Å². The maximum absolute atomic E-state index is 13.2. The van der Waals surface area contributed by atoms with Gasteiger partial charge >= 0.3 is 6.03 Å². The monoisotopic (exact) mass is 419 g/mol. The zero-order chi connectivity index (χ0) is 21.1. The lowest BCUT2D eigenvalue weighted by Crippen LogP contribution is -2.42. The third kappa shape index (κ3) is 3.70. The second kappa shape index (κ2) is 8.47. The molecule has 2 aromatic carbocycles. The summed E-state index contributed by atoms with van der Waals surface area (Å²) >= 11 is 1.61. The van der Waals surface area contributed by atoms with Crippen molar-refractivity contribution in [1.82, 2.24) is 4.90 Å². The molecule has 2 heterocycles. The van der Waals surface area contributed by atoms with Crippen molar-refractivity contribution in [1.29, 1.82) is 5.26 Å². The average molecular weight is 420 g/mol. The van der Waals surface area contributed by atoms with E-state index >= 15 is 0 Å². The molecule has 1 N–H and O–H groups in total. The number of anilines is 1. The number of hydrogen-bond donors (Lipinski definition) is 1. The van der Waals surface area contributed by atoms with E-state index in [9.17, 15) is 4.79 Å². The molecule has 30 heavy (non-hydrogen) atoms. The fraction of sp³-hybridized carbons (Fsp3) is 0.217. The van der Waals surface area contributed by atoms with Crippen molar-refractivity contribution in [2.75, 3.05) is 26.1 Å². The third-order valence-corrected chi connectivity index (χ3v) is 6.11. The van der Waals surface area contributed by atoms with E-state index in [1.807, 2.05) is 34.5 Å². The number of ether oxygens (including phenoxy) is 2. The number of urea groups is 1. The van der Waals surface area contributed by atoms with E-state index in [1.165, 1.54) is 0 Å². The van der Waals surface area contributed by atoms with Crippen LogP contribution in [0.2, 0.25) is 0 Å². The van der Waals surface area contributed by atoms with Crippen molar-refractivity contribution in [2.24, 2.45) is 0 Å². The van der Waals surface area contributed by atoms with Crippen LogP contribution in [0.1, 0.15) is 27.6 Å². The lowest BCUT2D eigenvalue weighted by molar-refractivity contribution is 0.194. The summed E-state index contributed by atoms with van der Waals surface area (Å²) in [5.41, 5.74) is 3.27. The summed E-state index contributed by atoms with van der Waals surface area (Å²) in [6.45, 7) is 0.564. The number of fused-ring (bicyclic) bond motifs is 1. The lowest BCUT2D eigenvalue weighted by Gasteiger charge is -2.37. The summed E-state index contributed by atoms with van der Waals surface area (Å²) in [5, 5.41) is 14.1. The molecule has 3 aromatic rings. The van der Waals surface area contributed by atoms with Gasteiger partial charge in [0.15, 0.2) is 11.5 Å². The smallest absolute Gasteiger partial charge is 0.322 e. The fourth-order valence-corrected chi connectivity index (χ4v) is 4.63. The Kier molecular flexibility index (Phi) is 5.59. The molecule has 0 aliphatic carbocycles. The Balaban J connectivity index is 1.72. The Bertz CT molecular complexity index is 1110. The zero-order valence-electron chi connectivity index (χ0n) is 16.7. The summed E-state index contributed by atoms with van der Waals surface area (Å²) < 4.78 is 11.0. The average Bonchev–Trinajstić information content (AvgIpc) is 3.31. The van der Waals surface area contributed by atoms with E-state index in [0.29, 0.717) is 35.7 Å². The molecule has 0 spiro atoms. The molecule has 1 aromatic heterocycles. The number of benzene rings is 2. The summed E-state index contributed by atoms with van der Waals surface area (Å²) in [5.74, 6) is 1.33. The van der Waals surface area contributed by atoms with E-state index in [1.54, 1.807) is 49.8 Å². The van der Waals surface area contributed by atoms with Crippen molar-refractivity contribution < 1.29 is 14.3 Å². The first-order chi connectivity index (χ1) is 14.6. The Morgan fingerprint density at radius 1 is 1.17 bits per heavy atom. The van der Waals surface area contributed by atoms with Gasteiger partial charge < -0.3 is 19.7 Å². The highest BCUT2D eigenvalue weighted by Gasteiger charge is 2.34. The van der Waals surface area contributed by atoms with Gasteiger partial charge in [-0.05, 0) is 59.3 Å². The minimum Gasteiger partial charge on any atom is -0.493 e. The number of nitrogens with zero attached hydrogens (tertiary/aromatic N) is 2. The molecule has 7 heteroatoms. The van der Waals surface area contributed by atoms with Gasteiger partial charge in [0.25, 0.3) is 0 Å². The molecule has 1 unspecified atom stereocenters. The maximum atomic E-state index is 13.2. The Morgan fingerprint density at radius 3 is 2.67 bits per heavy atom. The van der Waals surface area contributed by atoms with Gasteiger partial charge in [0, 0.05) is 17.1 Å². The molecule has 1 atom stereocenters. The number of carbonyl (C=O) groups excluding carboxylic acids is 1. The summed E-state index contributed by atoms with van der Waals surface area (Å²) in [6, 6.07) is 16.6. The highest BCUT2D eigenvalue weighted by Crippen LogP contribution is 2.42. The first kappa shape index (κ1) is 19.8. The van der Waals surface area contributed by atoms with Crippen LogP contribution >= 0.6 is 11.3 Å². The van der Waals surface area contributed by atoms with Crippen LogP contribution in [0.4, 0.5) is 10.5 Å². The summed E-state index contributed by atoms with van der Waals surface area (Å²) in [7, 11) is 3.23. The van der Waals surface area contributed by atoms with Crippen LogP contribution < -0.4 is 14.8 Å². The highest BCUT2D eigenvalue weighted by atomic mass is 32.1. The third-order valence-electron chi connectivity index (χ3n) is 5.19. The second-order valence-electron chi connectivity index (χ2n) is 6.89. The molecule has 4 rings (SSSR count). The van der Waals surface area contributed by atoms with Gasteiger partial charge in [-0.15, -0.1) is 11.3 Å². The maximum Gasteiger partial charge on any atom is 0.322 e. The number of carbonyl (C=O) groups is 1. The topological polar surface area (TPSA) is 74.6 Å². The first-order valence-corrected chi connectivity index (χ1v) is 10.4. The van der Waals surface area contributed by atoms with Crippen molar-refractivity contribution in [3.63, 3.8) is 0 Å². The van der Waals surface area contributed by atoms with Gasteiger partial charge in [-0.2, -0.15) is 5.26 Å². The normalized spacial score (nSPS) is 15.1. The van der Waals surface area contributed by atoms with Gasteiger partial charge in [-0.1, -0.05) is 12.1 Å². The fourth-order valence-electron chi connectivity index (χ4n) is 3.78. The number of rotatable bonds is 4. The summed E-state index contributed by atoms with van der Waals surface area (Å²) in [6.07, 6.45) is 0.712. The molecule has 1 aliphatic heterocycles. The quantitative estimate of drug-likeness (QED) is 0.658.